The molecule has 0 aliphatic carbocycles. The average molecular weight is 354 g/mol. The highest BCUT2D eigenvalue weighted by molar-refractivity contribution is 7.13. The summed E-state index contributed by atoms with van der Waals surface area (Å²) in [5.74, 6) is -1.15. The number of esters is 1. The highest BCUT2D eigenvalue weighted by atomic mass is 32.1. The first-order valence-electron chi connectivity index (χ1n) is 7.21. The van der Waals surface area contributed by atoms with E-state index in [9.17, 15) is 19.2 Å². The summed E-state index contributed by atoms with van der Waals surface area (Å²) in [4.78, 5) is 51.4. The zero-order chi connectivity index (χ0) is 17.9. The molecule has 0 saturated carbocycles. The predicted molar refractivity (Wildman–Crippen MR) is 85.2 cm³/mol. The van der Waals surface area contributed by atoms with Gasteiger partial charge in [-0.2, -0.15) is 0 Å². The van der Waals surface area contributed by atoms with Crippen LogP contribution < -0.4 is 10.6 Å². The number of imide groups is 1. The van der Waals surface area contributed by atoms with Crippen molar-refractivity contribution in [2.75, 3.05) is 11.9 Å². The van der Waals surface area contributed by atoms with E-state index in [-0.39, 0.29) is 31.4 Å². The predicted octanol–water partition coefficient (Wildman–Crippen LogP) is 0.865. The van der Waals surface area contributed by atoms with Gasteiger partial charge in [-0.25, -0.2) is 9.78 Å². The molecule has 0 radical (unpaired) electrons. The third kappa shape index (κ3) is 4.28. The summed E-state index contributed by atoms with van der Waals surface area (Å²) in [6, 6.07) is -0.516. The minimum atomic E-state index is -0.957. The van der Waals surface area contributed by atoms with Gasteiger partial charge in [0.1, 0.15) is 12.1 Å². The number of ether oxygens (including phenoxy) is 1. The molecule has 1 saturated heterocycles. The van der Waals surface area contributed by atoms with Crippen molar-refractivity contribution in [1.82, 2.24) is 15.2 Å². The molecule has 0 atom stereocenters. The molecular weight excluding hydrogens is 336 g/mol. The molecule has 9 nitrogen and oxygen atoms in total. The third-order valence-corrected chi connectivity index (χ3v) is 4.01. The van der Waals surface area contributed by atoms with Crippen LogP contribution in [0.15, 0.2) is 5.38 Å². The van der Waals surface area contributed by atoms with Crippen molar-refractivity contribution in [3.05, 3.63) is 11.1 Å². The van der Waals surface area contributed by atoms with Crippen molar-refractivity contribution in [3.63, 3.8) is 0 Å². The Labute approximate surface area is 142 Å². The number of aromatic nitrogens is 1. The maximum absolute atomic E-state index is 12.0. The fourth-order valence-corrected chi connectivity index (χ4v) is 2.77. The van der Waals surface area contributed by atoms with Crippen LogP contribution in [0, 0.1) is 0 Å². The number of anilines is 1. The first-order chi connectivity index (χ1) is 11.2. The van der Waals surface area contributed by atoms with Gasteiger partial charge in [-0.15, -0.1) is 11.3 Å². The molecule has 4 amide bonds. The molecule has 24 heavy (non-hydrogen) atoms. The Hall–Kier alpha value is -2.49. The van der Waals surface area contributed by atoms with Gasteiger partial charge in [0.05, 0.1) is 12.1 Å². The van der Waals surface area contributed by atoms with Gasteiger partial charge in [0.25, 0.3) is 5.91 Å². The quantitative estimate of drug-likeness (QED) is 0.578. The van der Waals surface area contributed by atoms with E-state index in [4.69, 9.17) is 4.74 Å². The number of carbonyl (C=O) groups excluding carboxylic acids is 4. The van der Waals surface area contributed by atoms with E-state index < -0.39 is 17.5 Å². The van der Waals surface area contributed by atoms with Crippen LogP contribution >= 0.6 is 11.3 Å². The lowest BCUT2D eigenvalue weighted by molar-refractivity contribution is -0.145. The number of rotatable bonds is 6. The fourth-order valence-electron chi connectivity index (χ4n) is 2.03. The lowest BCUT2D eigenvalue weighted by atomic mass is 10.1. The Balaban J connectivity index is 1.78. The van der Waals surface area contributed by atoms with Gasteiger partial charge in [-0.3, -0.25) is 19.3 Å². The van der Waals surface area contributed by atoms with E-state index >= 15 is 0 Å². The Kier molecular flexibility index (Phi) is 5.17. The van der Waals surface area contributed by atoms with Crippen LogP contribution in [0.3, 0.4) is 0 Å². The minimum Gasteiger partial charge on any atom is -0.459 e. The van der Waals surface area contributed by atoms with Gasteiger partial charge >= 0.3 is 12.0 Å². The lowest BCUT2D eigenvalue weighted by Crippen LogP contribution is -2.40. The number of amides is 4. The van der Waals surface area contributed by atoms with Gasteiger partial charge in [0, 0.05) is 18.8 Å². The first kappa shape index (κ1) is 17.9. The summed E-state index contributed by atoms with van der Waals surface area (Å²) in [5.41, 5.74) is -0.449. The molecule has 2 N–H and O–H groups in total. The highest BCUT2D eigenvalue weighted by Crippen LogP contribution is 2.18. The summed E-state index contributed by atoms with van der Waals surface area (Å²) in [6.07, 6.45) is -0.0993. The topological polar surface area (TPSA) is 118 Å². The number of nitrogens with one attached hydrogen (secondary N) is 2. The number of urea groups is 1. The normalized spacial score (nSPS) is 16.0. The van der Waals surface area contributed by atoms with Crippen molar-refractivity contribution in [2.24, 2.45) is 0 Å². The Bertz CT molecular complexity index is 684. The van der Waals surface area contributed by atoms with E-state index in [0.717, 1.165) is 4.90 Å². The molecule has 2 rings (SSSR count). The molecular formula is C14H18N4O5S. The van der Waals surface area contributed by atoms with Crippen LogP contribution in [0.5, 0.6) is 0 Å². The van der Waals surface area contributed by atoms with Crippen LogP contribution in [0.25, 0.3) is 0 Å². The van der Waals surface area contributed by atoms with E-state index in [2.05, 4.69) is 15.6 Å². The number of carbonyl (C=O) groups is 4. The van der Waals surface area contributed by atoms with Crippen LogP contribution in [0.1, 0.15) is 32.9 Å². The smallest absolute Gasteiger partial charge is 0.325 e. The minimum absolute atomic E-state index is 0.0405. The molecule has 1 aromatic rings. The highest BCUT2D eigenvalue weighted by Gasteiger charge is 2.44. The molecule has 10 heteroatoms. The summed E-state index contributed by atoms with van der Waals surface area (Å²) < 4.78 is 5.05. The van der Waals surface area contributed by atoms with Crippen molar-refractivity contribution in [3.8, 4) is 0 Å². The largest absolute Gasteiger partial charge is 0.459 e. The Morgan fingerprint density at radius 3 is 2.71 bits per heavy atom. The lowest BCUT2D eigenvalue weighted by Gasteiger charge is -2.15. The Morgan fingerprint density at radius 2 is 2.12 bits per heavy atom. The molecule has 1 fully saturated rings. The van der Waals surface area contributed by atoms with E-state index in [1.807, 2.05) is 0 Å². The van der Waals surface area contributed by atoms with E-state index in [1.54, 1.807) is 19.2 Å². The van der Waals surface area contributed by atoms with E-state index in [0.29, 0.717) is 10.8 Å². The summed E-state index contributed by atoms with van der Waals surface area (Å²) >= 11 is 1.22. The Morgan fingerprint density at radius 1 is 1.42 bits per heavy atom. The average Bonchev–Trinajstić information content (AvgIpc) is 2.98. The summed E-state index contributed by atoms with van der Waals surface area (Å²) in [6.45, 7) is 4.49. The second-order valence-corrected chi connectivity index (χ2v) is 6.61. The standard InChI is InChI=1S/C14H18N4O5S/c1-8(19)15-12-16-9(7-24-12)6-23-10(20)4-5-18-11(21)14(2,3)17-13(18)22/h7H,4-6H2,1-3H3,(H,17,22)(H,15,16,19). The van der Waals surface area contributed by atoms with Gasteiger partial charge in [0.15, 0.2) is 5.13 Å². The van der Waals surface area contributed by atoms with Gasteiger partial charge in [-0.1, -0.05) is 0 Å². The maximum atomic E-state index is 12.0. The number of thiazole rings is 1. The molecule has 130 valence electrons. The van der Waals surface area contributed by atoms with Crippen LogP contribution in [-0.2, 0) is 25.7 Å². The number of nitrogens with zero attached hydrogens (tertiary/aromatic N) is 2. The molecule has 0 unspecified atom stereocenters. The van der Waals surface area contributed by atoms with Crippen LogP contribution in [-0.4, -0.2) is 45.8 Å². The summed E-state index contributed by atoms with van der Waals surface area (Å²) in [5, 5.41) is 7.16. The van der Waals surface area contributed by atoms with E-state index in [1.165, 1.54) is 18.3 Å². The van der Waals surface area contributed by atoms with Crippen molar-refractivity contribution >= 4 is 40.3 Å². The first-order valence-corrected chi connectivity index (χ1v) is 8.09. The second-order valence-electron chi connectivity index (χ2n) is 5.75. The van der Waals surface area contributed by atoms with Gasteiger partial charge in [-0.05, 0) is 13.8 Å². The van der Waals surface area contributed by atoms with Gasteiger partial charge < -0.3 is 15.4 Å². The zero-order valence-corrected chi connectivity index (χ0v) is 14.4. The van der Waals surface area contributed by atoms with Gasteiger partial charge in [0.2, 0.25) is 5.91 Å². The monoisotopic (exact) mass is 354 g/mol. The summed E-state index contributed by atoms with van der Waals surface area (Å²) in [7, 11) is 0. The SMILES string of the molecule is CC(=O)Nc1nc(COC(=O)CCN2C(=O)NC(C)(C)C2=O)cs1. The van der Waals surface area contributed by atoms with Crippen molar-refractivity contribution in [2.45, 2.75) is 39.3 Å². The molecule has 0 spiro atoms. The van der Waals surface area contributed by atoms with Crippen LogP contribution in [0.4, 0.5) is 9.93 Å². The molecule has 1 aliphatic heterocycles. The third-order valence-electron chi connectivity index (χ3n) is 3.20. The van der Waals surface area contributed by atoms with Crippen LogP contribution in [0.2, 0.25) is 0 Å². The zero-order valence-electron chi connectivity index (χ0n) is 13.5. The number of hydrogen-bond donors (Lipinski definition) is 2. The molecule has 0 bridgehead atoms. The molecule has 2 heterocycles. The number of hydrogen-bond acceptors (Lipinski definition) is 7. The van der Waals surface area contributed by atoms with Crippen molar-refractivity contribution in [1.29, 1.82) is 0 Å². The molecule has 1 aliphatic rings. The van der Waals surface area contributed by atoms with Crippen molar-refractivity contribution < 1.29 is 23.9 Å². The molecule has 1 aromatic heterocycles. The maximum Gasteiger partial charge on any atom is 0.325 e. The molecule has 0 aromatic carbocycles. The second kappa shape index (κ2) is 6.95. The fraction of sp³-hybridized carbons (Fsp3) is 0.500.